The van der Waals surface area contributed by atoms with Crippen LogP contribution in [0.25, 0.3) is 0 Å². The van der Waals surface area contributed by atoms with Gasteiger partial charge in [0.25, 0.3) is 0 Å². The summed E-state index contributed by atoms with van der Waals surface area (Å²) in [5, 5.41) is 14.3. The minimum absolute atomic E-state index is 0.364. The number of aryl methyl sites for hydroxylation is 1. The number of amides is 3. The molecule has 1 unspecified atom stereocenters. The lowest BCUT2D eigenvalue weighted by molar-refractivity contribution is -0.140. The van der Waals surface area contributed by atoms with Crippen LogP contribution in [0.5, 0.6) is 0 Å². The molecule has 1 aromatic rings. The number of aromatic nitrogens is 1. The molecule has 1 heterocycles. The predicted octanol–water partition coefficient (Wildman–Crippen LogP) is 0.140. The van der Waals surface area contributed by atoms with Crippen molar-refractivity contribution in [2.24, 2.45) is 5.73 Å². The van der Waals surface area contributed by atoms with Gasteiger partial charge in [-0.3, -0.25) is 4.79 Å². The number of nitrogens with two attached hydrogens (primary N) is 1. The number of thiazole rings is 1. The van der Waals surface area contributed by atoms with Gasteiger partial charge in [0, 0.05) is 11.1 Å². The van der Waals surface area contributed by atoms with Crippen molar-refractivity contribution in [1.29, 1.82) is 0 Å². The lowest BCUT2D eigenvalue weighted by Gasteiger charge is -2.16. The van der Waals surface area contributed by atoms with Crippen LogP contribution in [-0.2, 0) is 9.59 Å². The summed E-state index contributed by atoms with van der Waals surface area (Å²) in [6, 6.07) is -2.41. The number of carbonyl (C=O) groups excluding carboxylic acids is 2. The highest BCUT2D eigenvalue weighted by molar-refractivity contribution is 7.11. The number of aliphatic carboxylic acids is 1. The molecule has 110 valence electrons. The number of carboxylic acid groups (broad SMARTS) is 1. The van der Waals surface area contributed by atoms with Gasteiger partial charge in [0.05, 0.1) is 12.5 Å². The first-order valence-electron chi connectivity index (χ1n) is 5.80. The van der Waals surface area contributed by atoms with E-state index in [1.807, 2.05) is 6.92 Å². The number of nitrogens with zero attached hydrogens (tertiary/aromatic N) is 1. The lowest BCUT2D eigenvalue weighted by Crippen LogP contribution is -2.48. The van der Waals surface area contributed by atoms with E-state index in [9.17, 15) is 14.4 Å². The zero-order chi connectivity index (χ0) is 15.3. The minimum atomic E-state index is -1.35. The fourth-order valence-corrected chi connectivity index (χ4v) is 2.21. The van der Waals surface area contributed by atoms with Gasteiger partial charge in [0.1, 0.15) is 11.0 Å². The third-order valence-corrected chi connectivity index (χ3v) is 3.46. The van der Waals surface area contributed by atoms with Crippen LogP contribution in [0, 0.1) is 6.92 Å². The number of hydrogen-bond donors (Lipinski definition) is 4. The van der Waals surface area contributed by atoms with E-state index >= 15 is 0 Å². The van der Waals surface area contributed by atoms with E-state index in [4.69, 9.17) is 10.8 Å². The summed E-state index contributed by atoms with van der Waals surface area (Å²) in [5.74, 6) is -2.13. The normalized spacial score (nSPS) is 13.3. The average molecular weight is 300 g/mol. The predicted molar refractivity (Wildman–Crippen MR) is 72.2 cm³/mol. The molecule has 0 aromatic carbocycles. The molecule has 0 aliphatic heterocycles. The van der Waals surface area contributed by atoms with Crippen LogP contribution in [0.15, 0.2) is 6.20 Å². The summed E-state index contributed by atoms with van der Waals surface area (Å²) in [7, 11) is 0. The van der Waals surface area contributed by atoms with E-state index in [0.717, 1.165) is 4.88 Å². The van der Waals surface area contributed by atoms with Gasteiger partial charge in [0.15, 0.2) is 0 Å². The third kappa shape index (κ3) is 4.84. The number of hydrogen-bond acceptors (Lipinski definition) is 5. The maximum atomic E-state index is 11.7. The zero-order valence-corrected chi connectivity index (χ0v) is 11.9. The molecule has 0 aliphatic carbocycles. The molecular weight excluding hydrogens is 284 g/mol. The van der Waals surface area contributed by atoms with Crippen molar-refractivity contribution in [2.45, 2.75) is 32.4 Å². The lowest BCUT2D eigenvalue weighted by atomic mass is 10.2. The number of nitrogens with one attached hydrogen (secondary N) is 2. The maximum Gasteiger partial charge on any atom is 0.326 e. The monoisotopic (exact) mass is 300 g/mol. The molecule has 20 heavy (non-hydrogen) atoms. The summed E-state index contributed by atoms with van der Waals surface area (Å²) >= 11 is 1.43. The second-order valence-corrected chi connectivity index (χ2v) is 5.48. The topological polar surface area (TPSA) is 134 Å². The van der Waals surface area contributed by atoms with Crippen LogP contribution in [0.4, 0.5) is 4.79 Å². The van der Waals surface area contributed by atoms with Crippen molar-refractivity contribution in [2.75, 3.05) is 0 Å². The molecule has 3 amide bonds. The van der Waals surface area contributed by atoms with E-state index < -0.39 is 30.4 Å². The van der Waals surface area contributed by atoms with Crippen molar-refractivity contribution >= 4 is 29.2 Å². The van der Waals surface area contributed by atoms with E-state index in [-0.39, 0.29) is 6.04 Å². The molecule has 1 rings (SSSR count). The van der Waals surface area contributed by atoms with Gasteiger partial charge >= 0.3 is 12.0 Å². The Morgan fingerprint density at radius 2 is 2.10 bits per heavy atom. The SMILES string of the molecule is Cc1cnc(C(C)NC(=O)N[C@@H](CC(N)=O)C(=O)O)s1. The van der Waals surface area contributed by atoms with Gasteiger partial charge in [0.2, 0.25) is 5.91 Å². The first-order valence-corrected chi connectivity index (χ1v) is 6.61. The number of carboxylic acids is 1. The molecule has 1 aromatic heterocycles. The van der Waals surface area contributed by atoms with Crippen molar-refractivity contribution in [3.05, 3.63) is 16.1 Å². The highest BCUT2D eigenvalue weighted by atomic mass is 32.1. The molecule has 0 aliphatic rings. The van der Waals surface area contributed by atoms with Crippen molar-refractivity contribution in [3.8, 4) is 0 Å². The Bertz CT molecular complexity index is 516. The number of urea groups is 1. The van der Waals surface area contributed by atoms with Crippen LogP contribution in [0.1, 0.15) is 29.3 Å². The summed E-state index contributed by atoms with van der Waals surface area (Å²) in [6.45, 7) is 3.61. The second-order valence-electron chi connectivity index (χ2n) is 4.21. The standard InChI is InChI=1S/C11H16N4O4S/c1-5-4-13-9(20-5)6(2)14-11(19)15-7(10(17)18)3-8(12)16/h4,6-7H,3H2,1-2H3,(H2,12,16)(H,17,18)(H2,14,15,19)/t6?,7-/m0/s1. The summed E-state index contributed by atoms with van der Waals surface area (Å²) < 4.78 is 0. The second kappa shape index (κ2) is 6.85. The van der Waals surface area contributed by atoms with Gasteiger partial charge < -0.3 is 21.5 Å². The van der Waals surface area contributed by atoms with E-state index in [0.29, 0.717) is 5.01 Å². The Morgan fingerprint density at radius 1 is 1.45 bits per heavy atom. The summed E-state index contributed by atoms with van der Waals surface area (Å²) in [5.41, 5.74) is 4.92. The van der Waals surface area contributed by atoms with Gasteiger partial charge in [-0.05, 0) is 13.8 Å². The molecule has 0 radical (unpaired) electrons. The highest BCUT2D eigenvalue weighted by Gasteiger charge is 2.23. The molecule has 0 spiro atoms. The molecule has 8 nitrogen and oxygen atoms in total. The molecule has 0 bridgehead atoms. The number of carbonyl (C=O) groups is 3. The van der Waals surface area contributed by atoms with Crippen molar-refractivity contribution < 1.29 is 19.5 Å². The van der Waals surface area contributed by atoms with Gasteiger partial charge in [-0.15, -0.1) is 11.3 Å². The fraction of sp³-hybridized carbons (Fsp3) is 0.455. The van der Waals surface area contributed by atoms with Gasteiger partial charge in [-0.2, -0.15) is 0 Å². The minimum Gasteiger partial charge on any atom is -0.480 e. The van der Waals surface area contributed by atoms with Crippen LogP contribution >= 0.6 is 11.3 Å². The van der Waals surface area contributed by atoms with E-state index in [1.165, 1.54) is 11.3 Å². The maximum absolute atomic E-state index is 11.7. The summed E-state index contributed by atoms with van der Waals surface area (Å²) in [4.78, 5) is 38.4. The smallest absolute Gasteiger partial charge is 0.326 e. The van der Waals surface area contributed by atoms with Crippen molar-refractivity contribution in [3.63, 3.8) is 0 Å². The Balaban J connectivity index is 2.57. The molecule has 0 fully saturated rings. The quantitative estimate of drug-likeness (QED) is 0.592. The van der Waals surface area contributed by atoms with Crippen LogP contribution in [-0.4, -0.2) is 34.0 Å². The molecular formula is C11H16N4O4S. The van der Waals surface area contributed by atoms with E-state index in [1.54, 1.807) is 13.1 Å². The number of rotatable bonds is 6. The Kier molecular flexibility index (Phi) is 5.44. The molecule has 2 atom stereocenters. The third-order valence-electron chi connectivity index (χ3n) is 2.37. The first-order chi connectivity index (χ1) is 9.29. The van der Waals surface area contributed by atoms with Crippen LogP contribution in [0.3, 0.4) is 0 Å². The number of primary amides is 1. The average Bonchev–Trinajstić information content (AvgIpc) is 2.74. The Hall–Kier alpha value is -2.16. The molecule has 0 saturated heterocycles. The largest absolute Gasteiger partial charge is 0.480 e. The van der Waals surface area contributed by atoms with Gasteiger partial charge in [-0.1, -0.05) is 0 Å². The van der Waals surface area contributed by atoms with E-state index in [2.05, 4.69) is 15.6 Å². The Morgan fingerprint density at radius 3 is 2.55 bits per heavy atom. The zero-order valence-electron chi connectivity index (χ0n) is 11.0. The molecule has 0 saturated carbocycles. The van der Waals surface area contributed by atoms with Crippen LogP contribution in [0.2, 0.25) is 0 Å². The fourth-order valence-electron chi connectivity index (χ4n) is 1.43. The van der Waals surface area contributed by atoms with Crippen LogP contribution < -0.4 is 16.4 Å². The van der Waals surface area contributed by atoms with Crippen molar-refractivity contribution in [1.82, 2.24) is 15.6 Å². The summed E-state index contributed by atoms with van der Waals surface area (Å²) in [6.07, 6.45) is 1.22. The first kappa shape index (κ1) is 15.9. The highest BCUT2D eigenvalue weighted by Crippen LogP contribution is 2.18. The Labute approximate surface area is 119 Å². The van der Waals surface area contributed by atoms with Gasteiger partial charge in [-0.25, -0.2) is 14.6 Å². The molecule has 9 heteroatoms. The molecule has 5 N–H and O–H groups in total.